The first-order valence-electron chi connectivity index (χ1n) is 14.7. The smallest absolute Gasteiger partial charge is 0.269 e. The average molecular weight is 676 g/mol. The predicted molar refractivity (Wildman–Crippen MR) is 185 cm³/mol. The molecular formula is C33H35ClFN9O4. The summed E-state index contributed by atoms with van der Waals surface area (Å²) in [6, 6.07) is 15.7. The van der Waals surface area contributed by atoms with Gasteiger partial charge in [0, 0.05) is 46.5 Å². The SMILES string of the molecule is C=N/C=C(\C=N/C)NC(O)Nc1ccc2c(c1)c(C(N)=O)nn2CC(=O)N(CC(=O)Nc1cccc(-c2ccccc2Cl)c1F)C(C)C. The third kappa shape index (κ3) is 8.40. The van der Waals surface area contributed by atoms with E-state index in [-0.39, 0.29) is 30.0 Å². The first-order chi connectivity index (χ1) is 22.9. The summed E-state index contributed by atoms with van der Waals surface area (Å²) in [6.07, 6.45) is 1.53. The van der Waals surface area contributed by atoms with Gasteiger partial charge in [0.05, 0.1) is 23.1 Å². The molecule has 0 aliphatic heterocycles. The van der Waals surface area contributed by atoms with E-state index in [2.05, 4.69) is 37.8 Å². The molecule has 1 unspecified atom stereocenters. The molecule has 0 aliphatic carbocycles. The van der Waals surface area contributed by atoms with E-state index in [0.717, 1.165) is 0 Å². The van der Waals surface area contributed by atoms with Gasteiger partial charge in [-0.1, -0.05) is 41.9 Å². The first kappa shape index (κ1) is 35.3. The number of aliphatic imine (C=N–C) groups is 2. The molecule has 0 fully saturated rings. The van der Waals surface area contributed by atoms with Crippen LogP contribution in [0.4, 0.5) is 15.8 Å². The molecule has 3 aromatic carbocycles. The van der Waals surface area contributed by atoms with Crippen molar-refractivity contribution in [2.45, 2.75) is 32.8 Å². The van der Waals surface area contributed by atoms with E-state index in [0.29, 0.717) is 32.9 Å². The Balaban J connectivity index is 1.51. The van der Waals surface area contributed by atoms with Gasteiger partial charge in [-0.25, -0.2) is 4.39 Å². The van der Waals surface area contributed by atoms with E-state index < -0.39 is 35.9 Å². The first-order valence-corrected chi connectivity index (χ1v) is 15.0. The summed E-state index contributed by atoms with van der Waals surface area (Å²) >= 11 is 6.26. The van der Waals surface area contributed by atoms with Gasteiger partial charge in [-0.3, -0.25) is 29.1 Å². The second-order valence-electron chi connectivity index (χ2n) is 10.8. The van der Waals surface area contributed by atoms with Crippen molar-refractivity contribution >= 4 is 64.5 Å². The number of nitrogens with two attached hydrogens (primary N) is 1. The zero-order valence-corrected chi connectivity index (χ0v) is 27.2. The fourth-order valence-electron chi connectivity index (χ4n) is 4.91. The highest BCUT2D eigenvalue weighted by molar-refractivity contribution is 6.33. The summed E-state index contributed by atoms with van der Waals surface area (Å²) in [4.78, 5) is 47.7. The summed E-state index contributed by atoms with van der Waals surface area (Å²) in [5.74, 6) is -2.60. The second kappa shape index (κ2) is 15.8. The molecule has 250 valence electrons. The van der Waals surface area contributed by atoms with Crippen molar-refractivity contribution in [1.82, 2.24) is 20.0 Å². The van der Waals surface area contributed by atoms with Crippen LogP contribution < -0.4 is 21.7 Å². The monoisotopic (exact) mass is 675 g/mol. The van der Waals surface area contributed by atoms with Crippen LogP contribution in [0.3, 0.4) is 0 Å². The molecule has 0 bridgehead atoms. The van der Waals surface area contributed by atoms with Crippen molar-refractivity contribution in [2.75, 3.05) is 24.2 Å². The minimum Gasteiger partial charge on any atom is -0.364 e. The number of anilines is 2. The Hall–Kier alpha value is -5.60. The lowest BCUT2D eigenvalue weighted by Gasteiger charge is -2.26. The maximum atomic E-state index is 15.4. The number of aliphatic hydroxyl groups is 1. The number of primary amides is 1. The highest BCUT2D eigenvalue weighted by atomic mass is 35.5. The van der Waals surface area contributed by atoms with Crippen LogP contribution in [0.15, 0.2) is 82.5 Å². The molecule has 13 nitrogen and oxygen atoms in total. The van der Waals surface area contributed by atoms with Crippen molar-refractivity contribution in [3.63, 3.8) is 0 Å². The number of nitrogens with one attached hydrogen (secondary N) is 3. The highest BCUT2D eigenvalue weighted by Crippen LogP contribution is 2.32. The number of hydrogen-bond acceptors (Lipinski definition) is 9. The van der Waals surface area contributed by atoms with Gasteiger partial charge in [-0.05, 0) is 50.9 Å². The number of amides is 3. The standard InChI is InChI=1S/C33H35ClFN9O4/c1-19(2)43(17-28(45)41-26-11-7-9-23(30(26)35)22-8-5-6-10-25(22)34)29(46)18-44-27-13-12-20(14-24(27)31(42-44)32(36)47)39-33(48)40-21(15-37-3)16-38-4/h5-16,19,33,39-40,48H,3,17-18H2,1-2,4H3,(H2,36,47)(H,41,45)/b21-15+,38-16-. The van der Waals surface area contributed by atoms with Crippen LogP contribution in [-0.2, 0) is 16.1 Å². The molecule has 0 saturated heterocycles. The fraction of sp³-hybridized carbons (Fsp3) is 0.212. The molecule has 4 rings (SSSR count). The highest BCUT2D eigenvalue weighted by Gasteiger charge is 2.24. The molecular weight excluding hydrogens is 641 g/mol. The Labute approximate surface area is 281 Å². The van der Waals surface area contributed by atoms with Crippen molar-refractivity contribution in [1.29, 1.82) is 0 Å². The average Bonchev–Trinajstić information content (AvgIpc) is 3.39. The number of carbonyl (C=O) groups excluding carboxylic acids is 3. The summed E-state index contributed by atoms with van der Waals surface area (Å²) < 4.78 is 16.7. The van der Waals surface area contributed by atoms with Gasteiger partial charge in [0.25, 0.3) is 5.91 Å². The van der Waals surface area contributed by atoms with Gasteiger partial charge in [-0.15, -0.1) is 0 Å². The van der Waals surface area contributed by atoms with Crippen molar-refractivity contribution in [3.8, 4) is 11.1 Å². The number of allylic oxidation sites excluding steroid dienone is 1. The molecule has 4 aromatic rings. The van der Waals surface area contributed by atoms with Gasteiger partial charge < -0.3 is 31.7 Å². The Morgan fingerprint density at radius 3 is 2.54 bits per heavy atom. The maximum Gasteiger partial charge on any atom is 0.269 e. The lowest BCUT2D eigenvalue weighted by molar-refractivity contribution is -0.137. The quantitative estimate of drug-likeness (QED) is 0.0990. The van der Waals surface area contributed by atoms with Gasteiger partial charge >= 0.3 is 0 Å². The number of aliphatic hydroxyl groups excluding tert-OH is 1. The van der Waals surface area contributed by atoms with Crippen LogP contribution >= 0.6 is 11.6 Å². The molecule has 1 heterocycles. The Morgan fingerprint density at radius 2 is 1.88 bits per heavy atom. The normalized spacial score (nSPS) is 12.3. The number of nitrogens with zero attached hydrogens (tertiary/aromatic N) is 5. The molecule has 0 spiro atoms. The molecule has 3 amide bonds. The van der Waals surface area contributed by atoms with Crippen LogP contribution in [0.2, 0.25) is 5.02 Å². The number of aromatic nitrogens is 2. The van der Waals surface area contributed by atoms with Crippen molar-refractivity contribution < 1.29 is 23.9 Å². The van der Waals surface area contributed by atoms with Crippen LogP contribution in [-0.4, -0.2) is 76.4 Å². The summed E-state index contributed by atoms with van der Waals surface area (Å²) in [5.41, 5.74) is 7.33. The van der Waals surface area contributed by atoms with Crippen LogP contribution in [0.25, 0.3) is 22.0 Å². The van der Waals surface area contributed by atoms with Crippen LogP contribution in [0.1, 0.15) is 24.3 Å². The molecule has 0 aliphatic rings. The van der Waals surface area contributed by atoms with Gasteiger partial charge in [0.15, 0.2) is 11.5 Å². The molecule has 1 atom stereocenters. The summed E-state index contributed by atoms with van der Waals surface area (Å²) in [6.45, 7) is 6.13. The lowest BCUT2D eigenvalue weighted by Crippen LogP contribution is -2.44. The molecule has 6 N–H and O–H groups in total. The zero-order valence-electron chi connectivity index (χ0n) is 26.4. The van der Waals surface area contributed by atoms with E-state index in [4.69, 9.17) is 17.3 Å². The summed E-state index contributed by atoms with van der Waals surface area (Å²) in [7, 11) is 1.56. The number of carbonyl (C=O) groups is 3. The maximum absolute atomic E-state index is 15.4. The molecule has 0 saturated carbocycles. The number of rotatable bonds is 14. The van der Waals surface area contributed by atoms with Crippen molar-refractivity contribution in [3.05, 3.63) is 89.1 Å². The third-order valence-corrected chi connectivity index (χ3v) is 7.40. The Bertz CT molecular complexity index is 1910. The zero-order chi connectivity index (χ0) is 35.0. The minimum atomic E-state index is -1.28. The van der Waals surface area contributed by atoms with E-state index in [1.54, 1.807) is 75.5 Å². The molecule has 1 aromatic heterocycles. The van der Waals surface area contributed by atoms with Crippen LogP contribution in [0.5, 0.6) is 0 Å². The van der Waals surface area contributed by atoms with Gasteiger partial charge in [0.1, 0.15) is 13.1 Å². The Morgan fingerprint density at radius 1 is 1.15 bits per heavy atom. The Kier molecular flexibility index (Phi) is 11.6. The van der Waals surface area contributed by atoms with E-state index in [1.165, 1.54) is 28.1 Å². The fourth-order valence-corrected chi connectivity index (χ4v) is 5.14. The van der Waals surface area contributed by atoms with Crippen molar-refractivity contribution in [2.24, 2.45) is 15.7 Å². The van der Waals surface area contributed by atoms with E-state index >= 15 is 4.39 Å². The number of benzene rings is 3. The second-order valence-corrected chi connectivity index (χ2v) is 11.2. The third-order valence-electron chi connectivity index (χ3n) is 7.07. The molecule has 48 heavy (non-hydrogen) atoms. The van der Waals surface area contributed by atoms with Gasteiger partial charge in [0.2, 0.25) is 18.2 Å². The van der Waals surface area contributed by atoms with E-state index in [9.17, 15) is 19.5 Å². The largest absolute Gasteiger partial charge is 0.364 e. The predicted octanol–water partition coefficient (Wildman–Crippen LogP) is 3.99. The molecule has 0 radical (unpaired) electrons. The number of halogens is 2. The topological polar surface area (TPSA) is 179 Å². The lowest BCUT2D eigenvalue weighted by atomic mass is 10.0. The minimum absolute atomic E-state index is 0.0643. The van der Waals surface area contributed by atoms with Crippen LogP contribution in [0, 0.1) is 5.82 Å². The number of hydrogen-bond donors (Lipinski definition) is 5. The summed E-state index contributed by atoms with van der Waals surface area (Å²) in [5, 5.41) is 23.6. The van der Waals surface area contributed by atoms with Gasteiger partial charge in [-0.2, -0.15) is 5.10 Å². The molecule has 15 heteroatoms. The van der Waals surface area contributed by atoms with E-state index in [1.807, 2.05) is 0 Å². The number of fused-ring (bicyclic) bond motifs is 1.